The Bertz CT molecular complexity index is 959. The summed E-state index contributed by atoms with van der Waals surface area (Å²) in [4.78, 5) is 36.1. The molecular formula is C22H32N4O3S. The standard InChI is InChI=1S/C22H32N4O3S/c1-4-29-22(28)25-11-9-24(10-12-25)16-5-6-17-18(13-16)30-20-19(17)21(27)26(14-23-20)8-7-15(2)3/h14-16H,4-13H2,1-3H3. The summed E-state index contributed by atoms with van der Waals surface area (Å²) < 4.78 is 6.91. The molecule has 1 aliphatic carbocycles. The highest BCUT2D eigenvalue weighted by Gasteiger charge is 2.31. The number of fused-ring (bicyclic) bond motifs is 3. The van der Waals surface area contributed by atoms with E-state index in [2.05, 4.69) is 23.7 Å². The zero-order valence-corrected chi connectivity index (χ0v) is 19.0. The Morgan fingerprint density at radius 2 is 2.07 bits per heavy atom. The first kappa shape index (κ1) is 21.3. The molecule has 0 saturated carbocycles. The maximum absolute atomic E-state index is 13.1. The van der Waals surface area contributed by atoms with Crippen LogP contribution in [0.3, 0.4) is 0 Å². The summed E-state index contributed by atoms with van der Waals surface area (Å²) in [7, 11) is 0. The third kappa shape index (κ3) is 4.25. The van der Waals surface area contributed by atoms with Gasteiger partial charge >= 0.3 is 6.09 Å². The summed E-state index contributed by atoms with van der Waals surface area (Å²) in [6.45, 7) is 10.5. The van der Waals surface area contributed by atoms with Crippen molar-refractivity contribution in [3.63, 3.8) is 0 Å². The highest BCUT2D eigenvalue weighted by molar-refractivity contribution is 7.18. The minimum atomic E-state index is -0.201. The summed E-state index contributed by atoms with van der Waals surface area (Å²) >= 11 is 1.69. The fraction of sp³-hybridized carbons (Fsp3) is 0.682. The molecule has 1 amide bonds. The number of aromatic nitrogens is 2. The third-order valence-corrected chi connectivity index (χ3v) is 7.48. The van der Waals surface area contributed by atoms with Crippen molar-refractivity contribution in [1.82, 2.24) is 19.4 Å². The first-order valence-corrected chi connectivity index (χ1v) is 11.9. The Labute approximate surface area is 181 Å². The maximum Gasteiger partial charge on any atom is 0.409 e. The van der Waals surface area contributed by atoms with E-state index in [4.69, 9.17) is 4.74 Å². The van der Waals surface area contributed by atoms with Gasteiger partial charge in [0.25, 0.3) is 5.56 Å². The van der Waals surface area contributed by atoms with Gasteiger partial charge < -0.3 is 9.64 Å². The van der Waals surface area contributed by atoms with Crippen molar-refractivity contribution < 1.29 is 9.53 Å². The fourth-order valence-corrected chi connectivity index (χ4v) is 5.79. The normalized spacial score (nSPS) is 20.0. The molecule has 1 saturated heterocycles. The van der Waals surface area contributed by atoms with Crippen molar-refractivity contribution in [1.29, 1.82) is 0 Å². The van der Waals surface area contributed by atoms with E-state index >= 15 is 0 Å². The second kappa shape index (κ2) is 9.06. The summed E-state index contributed by atoms with van der Waals surface area (Å²) in [5.74, 6) is 0.564. The van der Waals surface area contributed by atoms with Crippen molar-refractivity contribution >= 4 is 27.6 Å². The average molecular weight is 433 g/mol. The zero-order valence-electron chi connectivity index (χ0n) is 18.2. The van der Waals surface area contributed by atoms with Crippen molar-refractivity contribution in [2.24, 2.45) is 5.92 Å². The van der Waals surface area contributed by atoms with Crippen molar-refractivity contribution in [3.05, 3.63) is 27.1 Å². The van der Waals surface area contributed by atoms with Crippen LogP contribution in [0.4, 0.5) is 4.79 Å². The summed E-state index contributed by atoms with van der Waals surface area (Å²) in [5, 5.41) is 0.854. The number of ether oxygens (including phenoxy) is 1. The molecule has 8 heteroatoms. The van der Waals surface area contributed by atoms with Crippen LogP contribution in [0.5, 0.6) is 0 Å². The van der Waals surface area contributed by atoms with E-state index in [1.807, 2.05) is 6.92 Å². The van der Waals surface area contributed by atoms with E-state index in [0.717, 1.165) is 68.6 Å². The van der Waals surface area contributed by atoms with Crippen LogP contribution in [0.2, 0.25) is 0 Å². The Hall–Kier alpha value is -1.93. The first-order valence-electron chi connectivity index (χ1n) is 11.1. The number of hydrogen-bond acceptors (Lipinski definition) is 6. The number of piperazine rings is 1. The quantitative estimate of drug-likeness (QED) is 0.726. The number of thiophene rings is 1. The molecule has 0 N–H and O–H groups in total. The minimum Gasteiger partial charge on any atom is -0.450 e. The van der Waals surface area contributed by atoms with Crippen molar-refractivity contribution in [2.75, 3.05) is 32.8 Å². The Kier molecular flexibility index (Phi) is 6.43. The second-order valence-corrected chi connectivity index (χ2v) is 9.81. The third-order valence-electron chi connectivity index (χ3n) is 6.31. The van der Waals surface area contributed by atoms with Gasteiger partial charge in [-0.15, -0.1) is 11.3 Å². The van der Waals surface area contributed by atoms with Crippen LogP contribution in [0.1, 0.15) is 44.1 Å². The molecule has 0 bridgehead atoms. The van der Waals surface area contributed by atoms with Gasteiger partial charge in [0.2, 0.25) is 0 Å². The van der Waals surface area contributed by atoms with E-state index in [1.165, 1.54) is 10.4 Å². The van der Waals surface area contributed by atoms with Crippen LogP contribution in [0.25, 0.3) is 10.2 Å². The van der Waals surface area contributed by atoms with Crippen LogP contribution in [0, 0.1) is 5.92 Å². The Morgan fingerprint density at radius 1 is 1.30 bits per heavy atom. The average Bonchev–Trinajstić information content (AvgIpc) is 3.12. The van der Waals surface area contributed by atoms with Crippen LogP contribution in [-0.4, -0.2) is 64.3 Å². The number of carbonyl (C=O) groups is 1. The van der Waals surface area contributed by atoms with Crippen LogP contribution >= 0.6 is 11.3 Å². The molecule has 30 heavy (non-hydrogen) atoms. The molecule has 2 aromatic rings. The molecular weight excluding hydrogens is 400 g/mol. The number of hydrogen-bond donors (Lipinski definition) is 0. The molecule has 3 heterocycles. The molecule has 4 rings (SSSR count). The minimum absolute atomic E-state index is 0.125. The van der Waals surface area contributed by atoms with Gasteiger partial charge in [-0.05, 0) is 44.1 Å². The van der Waals surface area contributed by atoms with E-state index in [1.54, 1.807) is 27.1 Å². The molecule has 2 aromatic heterocycles. The zero-order chi connectivity index (χ0) is 21.3. The van der Waals surface area contributed by atoms with Gasteiger partial charge in [-0.1, -0.05) is 13.8 Å². The number of aryl methyl sites for hydroxylation is 2. The summed E-state index contributed by atoms with van der Waals surface area (Å²) in [6.07, 6.45) is 5.47. The summed E-state index contributed by atoms with van der Waals surface area (Å²) in [6, 6.07) is 0.470. The molecule has 2 aliphatic rings. The number of nitrogens with zero attached hydrogens (tertiary/aromatic N) is 4. The highest BCUT2D eigenvalue weighted by atomic mass is 32.1. The van der Waals surface area contributed by atoms with Gasteiger partial charge in [-0.2, -0.15) is 0 Å². The number of carbonyl (C=O) groups excluding carboxylic acids is 1. The molecule has 0 radical (unpaired) electrons. The molecule has 1 fully saturated rings. The predicted octanol–water partition coefficient (Wildman–Crippen LogP) is 3.14. The van der Waals surface area contributed by atoms with Crippen LogP contribution in [0.15, 0.2) is 11.1 Å². The smallest absolute Gasteiger partial charge is 0.409 e. The maximum atomic E-state index is 13.1. The van der Waals surface area contributed by atoms with Gasteiger partial charge in [0, 0.05) is 43.6 Å². The van der Waals surface area contributed by atoms with E-state index in [9.17, 15) is 9.59 Å². The largest absolute Gasteiger partial charge is 0.450 e. The summed E-state index contributed by atoms with van der Waals surface area (Å²) in [5.41, 5.74) is 1.35. The van der Waals surface area contributed by atoms with Gasteiger partial charge in [-0.3, -0.25) is 14.3 Å². The number of amides is 1. The van der Waals surface area contributed by atoms with E-state index < -0.39 is 0 Å². The lowest BCUT2D eigenvalue weighted by molar-refractivity contribution is 0.0635. The fourth-order valence-electron chi connectivity index (χ4n) is 4.54. The predicted molar refractivity (Wildman–Crippen MR) is 119 cm³/mol. The lowest BCUT2D eigenvalue weighted by Crippen LogP contribution is -2.53. The Balaban J connectivity index is 1.46. The molecule has 164 valence electrons. The molecule has 0 spiro atoms. The van der Waals surface area contributed by atoms with Crippen molar-refractivity contribution in [3.8, 4) is 0 Å². The van der Waals surface area contributed by atoms with Gasteiger partial charge in [-0.25, -0.2) is 9.78 Å². The monoisotopic (exact) mass is 432 g/mol. The van der Waals surface area contributed by atoms with Crippen molar-refractivity contribution in [2.45, 2.75) is 59.0 Å². The molecule has 1 aliphatic heterocycles. The van der Waals surface area contributed by atoms with E-state index in [0.29, 0.717) is 18.6 Å². The molecule has 1 unspecified atom stereocenters. The van der Waals surface area contributed by atoms with Crippen LogP contribution in [-0.2, 0) is 24.1 Å². The Morgan fingerprint density at radius 3 is 2.77 bits per heavy atom. The second-order valence-electron chi connectivity index (χ2n) is 8.73. The molecule has 1 atom stereocenters. The first-order chi connectivity index (χ1) is 14.5. The number of rotatable bonds is 5. The lowest BCUT2D eigenvalue weighted by atomic mass is 9.91. The molecule has 0 aromatic carbocycles. The SMILES string of the molecule is CCOC(=O)N1CCN(C2CCc3c(sc4ncn(CCC(C)C)c(=O)c34)C2)CC1. The lowest BCUT2D eigenvalue weighted by Gasteiger charge is -2.40. The van der Waals surface area contributed by atoms with Gasteiger partial charge in [0.05, 0.1) is 18.3 Å². The van der Waals surface area contributed by atoms with Gasteiger partial charge in [0.15, 0.2) is 0 Å². The molecule has 7 nitrogen and oxygen atoms in total. The highest BCUT2D eigenvalue weighted by Crippen LogP contribution is 2.35. The van der Waals surface area contributed by atoms with E-state index in [-0.39, 0.29) is 11.7 Å². The van der Waals surface area contributed by atoms with Crippen LogP contribution < -0.4 is 5.56 Å². The topological polar surface area (TPSA) is 67.7 Å². The van der Waals surface area contributed by atoms with Gasteiger partial charge in [0.1, 0.15) is 4.83 Å².